The fourth-order valence-corrected chi connectivity index (χ4v) is 2.48. The van der Waals surface area contributed by atoms with Crippen molar-refractivity contribution in [2.75, 3.05) is 26.9 Å². The van der Waals surface area contributed by atoms with Crippen molar-refractivity contribution >= 4 is 15.9 Å². The predicted octanol–water partition coefficient (Wildman–Crippen LogP) is 2.97. The van der Waals surface area contributed by atoms with E-state index in [4.69, 9.17) is 9.47 Å². The smallest absolute Gasteiger partial charge is 0.119 e. The van der Waals surface area contributed by atoms with Crippen LogP contribution in [0.3, 0.4) is 0 Å². The van der Waals surface area contributed by atoms with E-state index in [0.717, 1.165) is 49.4 Å². The highest BCUT2D eigenvalue weighted by Crippen LogP contribution is 2.24. The Morgan fingerprint density at radius 1 is 1.39 bits per heavy atom. The van der Waals surface area contributed by atoms with Crippen molar-refractivity contribution in [2.45, 2.75) is 19.4 Å². The minimum Gasteiger partial charge on any atom is -0.493 e. The first-order chi connectivity index (χ1) is 8.79. The molecule has 0 unspecified atom stereocenters. The maximum absolute atomic E-state index is 5.88. The van der Waals surface area contributed by atoms with Gasteiger partial charge in [-0.2, -0.15) is 0 Å². The van der Waals surface area contributed by atoms with Crippen molar-refractivity contribution in [3.05, 3.63) is 28.2 Å². The maximum atomic E-state index is 5.88. The molecule has 0 aromatic heterocycles. The van der Waals surface area contributed by atoms with Gasteiger partial charge in [0.2, 0.25) is 0 Å². The number of nitrogens with one attached hydrogen (secondary N) is 1. The lowest BCUT2D eigenvalue weighted by Crippen LogP contribution is -2.21. The summed E-state index contributed by atoms with van der Waals surface area (Å²) in [5.74, 6) is 1.59. The molecule has 3 nitrogen and oxygen atoms in total. The standard InChI is InChI=1S/C14H20BrNO2/c1-16-9-12-8-13(2-3-14(12)15)18-10-11-4-6-17-7-5-11/h2-3,8,11,16H,4-7,9-10H2,1H3. The van der Waals surface area contributed by atoms with Gasteiger partial charge in [-0.1, -0.05) is 15.9 Å². The Labute approximate surface area is 117 Å². The van der Waals surface area contributed by atoms with Crippen molar-refractivity contribution in [3.63, 3.8) is 0 Å². The molecule has 100 valence electrons. The van der Waals surface area contributed by atoms with Crippen LogP contribution in [-0.2, 0) is 11.3 Å². The average molecular weight is 314 g/mol. The van der Waals surface area contributed by atoms with Gasteiger partial charge in [0.1, 0.15) is 5.75 Å². The SMILES string of the molecule is CNCc1cc(OCC2CCOCC2)ccc1Br. The van der Waals surface area contributed by atoms with Crippen LogP contribution in [0.1, 0.15) is 18.4 Å². The molecule has 1 aromatic rings. The number of halogens is 1. The summed E-state index contributed by atoms with van der Waals surface area (Å²) < 4.78 is 12.4. The minimum absolute atomic E-state index is 0.634. The second-order valence-electron chi connectivity index (χ2n) is 4.65. The highest BCUT2D eigenvalue weighted by Gasteiger charge is 2.14. The molecular formula is C14H20BrNO2. The van der Waals surface area contributed by atoms with Gasteiger partial charge in [-0.15, -0.1) is 0 Å². The fourth-order valence-electron chi connectivity index (χ4n) is 2.09. The van der Waals surface area contributed by atoms with Crippen LogP contribution in [-0.4, -0.2) is 26.9 Å². The molecule has 0 aliphatic carbocycles. The maximum Gasteiger partial charge on any atom is 0.119 e. The molecule has 1 aromatic carbocycles. The van der Waals surface area contributed by atoms with Gasteiger partial charge in [0.25, 0.3) is 0 Å². The summed E-state index contributed by atoms with van der Waals surface area (Å²) in [6, 6.07) is 6.16. The number of benzene rings is 1. The van der Waals surface area contributed by atoms with Crippen molar-refractivity contribution in [2.24, 2.45) is 5.92 Å². The van der Waals surface area contributed by atoms with Crippen LogP contribution in [0.2, 0.25) is 0 Å². The normalized spacial score (nSPS) is 16.8. The molecule has 0 bridgehead atoms. The van der Waals surface area contributed by atoms with Crippen molar-refractivity contribution in [1.29, 1.82) is 0 Å². The lowest BCUT2D eigenvalue weighted by Gasteiger charge is -2.22. The third kappa shape index (κ3) is 3.97. The van der Waals surface area contributed by atoms with Gasteiger partial charge in [0.15, 0.2) is 0 Å². The Balaban J connectivity index is 1.90. The molecule has 0 atom stereocenters. The molecular weight excluding hydrogens is 294 g/mol. The number of hydrogen-bond acceptors (Lipinski definition) is 3. The van der Waals surface area contributed by atoms with Gasteiger partial charge >= 0.3 is 0 Å². The highest BCUT2D eigenvalue weighted by atomic mass is 79.9. The molecule has 0 spiro atoms. The number of hydrogen-bond donors (Lipinski definition) is 1. The van der Waals surface area contributed by atoms with Gasteiger partial charge < -0.3 is 14.8 Å². The summed E-state index contributed by atoms with van der Waals surface area (Å²) in [5, 5.41) is 3.16. The molecule has 4 heteroatoms. The van der Waals surface area contributed by atoms with Crippen molar-refractivity contribution in [1.82, 2.24) is 5.32 Å². The van der Waals surface area contributed by atoms with E-state index in [1.807, 2.05) is 19.2 Å². The van der Waals surface area contributed by atoms with Crippen LogP contribution in [0.4, 0.5) is 0 Å². The summed E-state index contributed by atoms with van der Waals surface area (Å²) in [5.41, 5.74) is 1.22. The van der Waals surface area contributed by atoms with Crippen LogP contribution in [0, 0.1) is 5.92 Å². The van der Waals surface area contributed by atoms with Gasteiger partial charge in [-0.25, -0.2) is 0 Å². The van der Waals surface area contributed by atoms with E-state index in [1.54, 1.807) is 0 Å². The topological polar surface area (TPSA) is 30.5 Å². The summed E-state index contributed by atoms with van der Waals surface area (Å²) in [6.45, 7) is 3.39. The first kappa shape index (κ1) is 13.8. The molecule has 1 aliphatic rings. The van der Waals surface area contributed by atoms with Crippen LogP contribution < -0.4 is 10.1 Å². The summed E-state index contributed by atoms with van der Waals surface area (Å²) >= 11 is 3.55. The van der Waals surface area contributed by atoms with Crippen LogP contribution in [0.15, 0.2) is 22.7 Å². The molecule has 2 rings (SSSR count). The zero-order valence-electron chi connectivity index (χ0n) is 10.7. The van der Waals surface area contributed by atoms with E-state index in [2.05, 4.69) is 27.3 Å². The lowest BCUT2D eigenvalue weighted by molar-refractivity contribution is 0.0497. The molecule has 0 amide bonds. The molecule has 1 fully saturated rings. The zero-order valence-corrected chi connectivity index (χ0v) is 12.3. The third-order valence-corrected chi connectivity index (χ3v) is 3.98. The molecule has 1 heterocycles. The van der Waals surface area contributed by atoms with Crippen LogP contribution in [0.25, 0.3) is 0 Å². The van der Waals surface area contributed by atoms with E-state index < -0.39 is 0 Å². The van der Waals surface area contributed by atoms with Gasteiger partial charge in [0.05, 0.1) is 6.61 Å². The Kier molecular flexibility index (Phi) is 5.47. The first-order valence-electron chi connectivity index (χ1n) is 6.43. The molecule has 0 saturated carbocycles. The van der Waals surface area contributed by atoms with Gasteiger partial charge in [0, 0.05) is 24.2 Å². The lowest BCUT2D eigenvalue weighted by atomic mass is 10.0. The first-order valence-corrected chi connectivity index (χ1v) is 7.22. The monoisotopic (exact) mass is 313 g/mol. The Morgan fingerprint density at radius 3 is 2.89 bits per heavy atom. The molecule has 1 aliphatic heterocycles. The fraction of sp³-hybridized carbons (Fsp3) is 0.571. The summed E-state index contributed by atoms with van der Waals surface area (Å²) in [6.07, 6.45) is 2.22. The second-order valence-corrected chi connectivity index (χ2v) is 5.50. The molecule has 1 N–H and O–H groups in total. The largest absolute Gasteiger partial charge is 0.493 e. The average Bonchev–Trinajstić information content (AvgIpc) is 2.41. The quantitative estimate of drug-likeness (QED) is 0.906. The zero-order chi connectivity index (χ0) is 12.8. The van der Waals surface area contributed by atoms with Gasteiger partial charge in [-0.05, 0) is 49.6 Å². The van der Waals surface area contributed by atoms with Crippen LogP contribution >= 0.6 is 15.9 Å². The Bertz CT molecular complexity index is 378. The van der Waals surface area contributed by atoms with E-state index >= 15 is 0 Å². The Hall–Kier alpha value is -0.580. The van der Waals surface area contributed by atoms with Crippen molar-refractivity contribution < 1.29 is 9.47 Å². The van der Waals surface area contributed by atoms with E-state index in [-0.39, 0.29) is 0 Å². The van der Waals surface area contributed by atoms with Crippen molar-refractivity contribution in [3.8, 4) is 5.75 Å². The summed E-state index contributed by atoms with van der Waals surface area (Å²) in [4.78, 5) is 0. The van der Waals surface area contributed by atoms with E-state index in [9.17, 15) is 0 Å². The predicted molar refractivity (Wildman–Crippen MR) is 75.9 cm³/mol. The third-order valence-electron chi connectivity index (χ3n) is 3.21. The molecule has 18 heavy (non-hydrogen) atoms. The molecule has 0 radical (unpaired) electrons. The molecule has 1 saturated heterocycles. The van der Waals surface area contributed by atoms with E-state index in [1.165, 1.54) is 5.56 Å². The van der Waals surface area contributed by atoms with Gasteiger partial charge in [-0.3, -0.25) is 0 Å². The second kappa shape index (κ2) is 7.12. The number of ether oxygens (including phenoxy) is 2. The Morgan fingerprint density at radius 2 is 2.17 bits per heavy atom. The minimum atomic E-state index is 0.634. The summed E-state index contributed by atoms with van der Waals surface area (Å²) in [7, 11) is 1.95. The van der Waals surface area contributed by atoms with Crippen LogP contribution in [0.5, 0.6) is 5.75 Å². The highest BCUT2D eigenvalue weighted by molar-refractivity contribution is 9.10. The number of rotatable bonds is 5. The van der Waals surface area contributed by atoms with E-state index in [0.29, 0.717) is 5.92 Å².